The summed E-state index contributed by atoms with van der Waals surface area (Å²) in [7, 11) is 0. The Kier molecular flexibility index (Phi) is 8.91. The maximum Gasteiger partial charge on any atom is 0.267 e. The summed E-state index contributed by atoms with van der Waals surface area (Å²) < 4.78 is 2.32. The van der Waals surface area contributed by atoms with Crippen molar-refractivity contribution in [3.05, 3.63) is 47.8 Å². The third kappa shape index (κ3) is 6.04. The molecule has 0 bridgehead atoms. The summed E-state index contributed by atoms with van der Waals surface area (Å²) >= 11 is 0. The molecule has 0 aliphatic carbocycles. The first kappa shape index (κ1) is 21.9. The number of likely N-dealkylation sites (N-methyl/N-ethyl adjacent to an activating group) is 1. The van der Waals surface area contributed by atoms with Gasteiger partial charge in [0, 0.05) is 25.6 Å². The molecule has 0 saturated heterocycles. The van der Waals surface area contributed by atoms with Crippen LogP contribution in [0.4, 0.5) is 0 Å². The third-order valence-corrected chi connectivity index (χ3v) is 4.86. The minimum Gasteiger partial charge on any atom is -0.327 e. The van der Waals surface area contributed by atoms with Crippen LogP contribution in [0.25, 0.3) is 17.1 Å². The summed E-state index contributed by atoms with van der Waals surface area (Å²) in [5.74, 6) is 0.547. The van der Waals surface area contributed by atoms with E-state index in [4.69, 9.17) is 10.2 Å². The first-order chi connectivity index (χ1) is 13.6. The Bertz CT molecular complexity index is 819. The van der Waals surface area contributed by atoms with Crippen LogP contribution in [0, 0.1) is 0 Å². The number of hydrogen-bond donors (Lipinski definition) is 2. The number of hydrogen-bond acceptors (Lipinski definition) is 4. The number of carbonyl (C=O) groups excluding carboxylic acids is 1. The number of nitrogens with zero attached hydrogens (tertiary/aromatic N) is 3. The molecule has 0 radical (unpaired) electrons. The van der Waals surface area contributed by atoms with Crippen molar-refractivity contribution in [2.24, 2.45) is 0 Å². The molecule has 1 heterocycles. The van der Waals surface area contributed by atoms with E-state index in [0.717, 1.165) is 67.9 Å². The molecule has 0 atom stereocenters. The molecule has 0 aliphatic heterocycles. The summed E-state index contributed by atoms with van der Waals surface area (Å²) in [6.45, 7) is 10.5. The molecule has 2 N–H and O–H groups in total. The van der Waals surface area contributed by atoms with E-state index >= 15 is 0 Å². The van der Waals surface area contributed by atoms with Gasteiger partial charge >= 0.3 is 0 Å². The van der Waals surface area contributed by atoms with E-state index in [1.54, 1.807) is 11.6 Å². The number of aromatic nitrogens is 2. The lowest BCUT2D eigenvalue weighted by molar-refractivity contribution is -0.124. The molecule has 0 unspecified atom stereocenters. The Hall–Kier alpha value is -2.44. The number of carbonyl (C=O) groups is 1. The van der Waals surface area contributed by atoms with Crippen LogP contribution >= 0.6 is 0 Å². The molecule has 28 heavy (non-hydrogen) atoms. The zero-order valence-corrected chi connectivity index (χ0v) is 17.2. The van der Waals surface area contributed by atoms with Crippen LogP contribution < -0.4 is 5.48 Å². The van der Waals surface area contributed by atoms with E-state index in [1.807, 2.05) is 12.1 Å². The smallest absolute Gasteiger partial charge is 0.267 e. The summed E-state index contributed by atoms with van der Waals surface area (Å²) in [6, 6.07) is 6.02. The highest BCUT2D eigenvalue weighted by atomic mass is 16.5. The van der Waals surface area contributed by atoms with Crippen molar-refractivity contribution in [1.82, 2.24) is 19.9 Å². The number of amides is 1. The van der Waals surface area contributed by atoms with Crippen LogP contribution in [0.1, 0.15) is 45.0 Å². The second kappa shape index (κ2) is 11.4. The number of hydroxylamine groups is 1. The summed E-state index contributed by atoms with van der Waals surface area (Å²) in [4.78, 5) is 18.5. The molecule has 2 aromatic rings. The van der Waals surface area contributed by atoms with Crippen LogP contribution in [-0.2, 0) is 17.8 Å². The summed E-state index contributed by atoms with van der Waals surface area (Å²) in [5, 5.41) is 8.61. The van der Waals surface area contributed by atoms with Gasteiger partial charge in [-0.2, -0.15) is 0 Å². The highest BCUT2D eigenvalue weighted by molar-refractivity contribution is 5.91. The molecule has 0 aliphatic rings. The van der Waals surface area contributed by atoms with Gasteiger partial charge in [-0.3, -0.25) is 10.0 Å². The Morgan fingerprint density at radius 2 is 2.04 bits per heavy atom. The molecule has 1 aromatic carbocycles. The lowest BCUT2D eigenvalue weighted by atomic mass is 10.2. The van der Waals surface area contributed by atoms with E-state index in [1.165, 1.54) is 6.08 Å². The van der Waals surface area contributed by atoms with Gasteiger partial charge < -0.3 is 9.47 Å². The fraction of sp³-hybridized carbons (Fsp3) is 0.455. The van der Waals surface area contributed by atoms with Crippen LogP contribution in [0.2, 0.25) is 0 Å². The zero-order chi connectivity index (χ0) is 20.4. The highest BCUT2D eigenvalue weighted by Gasteiger charge is 2.11. The molecule has 6 nitrogen and oxygen atoms in total. The number of rotatable bonds is 11. The predicted octanol–water partition coefficient (Wildman–Crippen LogP) is 3.80. The third-order valence-electron chi connectivity index (χ3n) is 4.86. The fourth-order valence-corrected chi connectivity index (χ4v) is 3.23. The minimum absolute atomic E-state index is 0.548. The second-order valence-corrected chi connectivity index (χ2v) is 6.68. The molecule has 1 aromatic heterocycles. The van der Waals surface area contributed by atoms with Crippen LogP contribution in [0.15, 0.2) is 36.4 Å². The van der Waals surface area contributed by atoms with Gasteiger partial charge in [-0.25, -0.2) is 10.5 Å². The Labute approximate surface area is 167 Å². The van der Waals surface area contributed by atoms with Crippen molar-refractivity contribution in [2.75, 3.05) is 19.6 Å². The number of aryl methyl sites for hydroxylation is 1. The summed E-state index contributed by atoms with van der Waals surface area (Å²) in [6.07, 6.45) is 10.3. The van der Waals surface area contributed by atoms with Gasteiger partial charge in [-0.05, 0) is 49.7 Å². The molecular weight excluding hydrogens is 352 g/mol. The topological polar surface area (TPSA) is 70.4 Å². The maximum absolute atomic E-state index is 11.2. The minimum atomic E-state index is -0.548. The first-order valence-corrected chi connectivity index (χ1v) is 10.1. The number of allylic oxidation sites excluding steroid dienone is 2. The Morgan fingerprint density at radius 3 is 2.71 bits per heavy atom. The van der Waals surface area contributed by atoms with Gasteiger partial charge in [0.05, 0.1) is 11.0 Å². The molecule has 0 fully saturated rings. The average Bonchev–Trinajstić information content (AvgIpc) is 3.06. The van der Waals surface area contributed by atoms with E-state index in [0.29, 0.717) is 0 Å². The molecule has 2 rings (SSSR count). The van der Waals surface area contributed by atoms with Crippen molar-refractivity contribution in [3.8, 4) is 0 Å². The molecule has 1 amide bonds. The maximum atomic E-state index is 11.2. The fourth-order valence-electron chi connectivity index (χ4n) is 3.23. The lowest BCUT2D eigenvalue weighted by Gasteiger charge is -2.19. The highest BCUT2D eigenvalue weighted by Crippen LogP contribution is 2.20. The standard InChI is InChI=1S/C22H32N4O2/c1-4-7-8-9-10-21-23-19-17-18(12-14-22(27)24-28)11-13-20(19)26(21)16-15-25(5-2)6-3/h7-8,11-14,17,28H,4-6,9-10,15-16H2,1-3H3,(H,24,27)/b8-7-,14-12+. The van der Waals surface area contributed by atoms with Crippen molar-refractivity contribution < 1.29 is 10.0 Å². The number of nitrogens with one attached hydrogen (secondary N) is 1. The Morgan fingerprint density at radius 1 is 1.25 bits per heavy atom. The van der Waals surface area contributed by atoms with Crippen molar-refractivity contribution >= 4 is 23.0 Å². The number of imidazole rings is 1. The van der Waals surface area contributed by atoms with E-state index in [-0.39, 0.29) is 0 Å². The Balaban J connectivity index is 2.30. The lowest BCUT2D eigenvalue weighted by Crippen LogP contribution is -2.27. The predicted molar refractivity (Wildman–Crippen MR) is 114 cm³/mol. The van der Waals surface area contributed by atoms with E-state index in [9.17, 15) is 4.79 Å². The largest absolute Gasteiger partial charge is 0.327 e. The average molecular weight is 385 g/mol. The number of benzene rings is 1. The van der Waals surface area contributed by atoms with Gasteiger partial charge in [-0.1, -0.05) is 39.0 Å². The summed E-state index contributed by atoms with van der Waals surface area (Å²) in [5.41, 5.74) is 4.52. The van der Waals surface area contributed by atoms with E-state index < -0.39 is 5.91 Å². The van der Waals surface area contributed by atoms with Gasteiger partial charge in [0.1, 0.15) is 5.82 Å². The van der Waals surface area contributed by atoms with E-state index in [2.05, 4.69) is 48.5 Å². The quantitative estimate of drug-likeness (QED) is 0.268. The van der Waals surface area contributed by atoms with Crippen molar-refractivity contribution in [1.29, 1.82) is 0 Å². The molecular formula is C22H32N4O2. The molecule has 0 saturated carbocycles. The van der Waals surface area contributed by atoms with Crippen LogP contribution in [0.5, 0.6) is 0 Å². The van der Waals surface area contributed by atoms with Crippen molar-refractivity contribution in [3.63, 3.8) is 0 Å². The first-order valence-electron chi connectivity index (χ1n) is 10.1. The van der Waals surface area contributed by atoms with Gasteiger partial charge in [0.25, 0.3) is 5.91 Å². The van der Waals surface area contributed by atoms with Gasteiger partial charge in [0.2, 0.25) is 0 Å². The van der Waals surface area contributed by atoms with Crippen molar-refractivity contribution in [2.45, 2.75) is 46.6 Å². The number of fused-ring (bicyclic) bond motifs is 1. The van der Waals surface area contributed by atoms with Gasteiger partial charge in [0.15, 0.2) is 0 Å². The molecule has 6 heteroatoms. The second-order valence-electron chi connectivity index (χ2n) is 6.68. The van der Waals surface area contributed by atoms with Gasteiger partial charge in [-0.15, -0.1) is 0 Å². The normalized spacial score (nSPS) is 12.0. The molecule has 152 valence electrons. The molecule has 0 spiro atoms. The van der Waals surface area contributed by atoms with Crippen LogP contribution in [-0.4, -0.2) is 45.2 Å². The monoisotopic (exact) mass is 384 g/mol. The zero-order valence-electron chi connectivity index (χ0n) is 17.2. The SMILES string of the molecule is CC/C=C\CCc1nc2cc(/C=C/C(=O)NO)ccc2n1CCN(CC)CC. The van der Waals surface area contributed by atoms with Crippen LogP contribution in [0.3, 0.4) is 0 Å².